The summed E-state index contributed by atoms with van der Waals surface area (Å²) in [4.78, 5) is 135. The molecule has 2 aliphatic carbocycles. The van der Waals surface area contributed by atoms with Gasteiger partial charge in [0.25, 0.3) is 0 Å². The molecule has 3 aromatic carbocycles. The number of benzene rings is 3. The molecule has 0 saturated heterocycles. The monoisotopic (exact) mass is 1100 g/mol. The quantitative estimate of drug-likeness (QED) is 0.0256. The molecule has 0 atom stereocenters. The lowest BCUT2D eigenvalue weighted by Crippen LogP contribution is -2.31. The van der Waals surface area contributed by atoms with Gasteiger partial charge in [0.1, 0.15) is 55.0 Å². The number of hydrogen-bond donors (Lipinski definition) is 0. The highest BCUT2D eigenvalue weighted by atomic mass is 16.6. The number of carbonyl (C=O) groups is 11. The first-order valence-corrected chi connectivity index (χ1v) is 25.8. The van der Waals surface area contributed by atoms with E-state index in [0.29, 0.717) is 75.7 Å². The molecule has 424 valence electrons. The van der Waals surface area contributed by atoms with Gasteiger partial charge in [0.15, 0.2) is 0 Å². The van der Waals surface area contributed by atoms with Gasteiger partial charge in [-0.2, -0.15) is 0 Å². The first-order valence-electron chi connectivity index (χ1n) is 25.8. The summed E-state index contributed by atoms with van der Waals surface area (Å²) in [6.07, 6.45) is 3.75. The Kier molecular flexibility index (Phi) is 25.1. The van der Waals surface area contributed by atoms with Crippen LogP contribution in [0.5, 0.6) is 23.0 Å². The average Bonchev–Trinajstić information content (AvgIpc) is 3.46. The first-order chi connectivity index (χ1) is 38.0. The molecule has 0 amide bonds. The van der Waals surface area contributed by atoms with Crippen LogP contribution in [0.4, 0.5) is 0 Å². The molecule has 2 saturated carbocycles. The topological polar surface area (TPSA) is 289 Å². The van der Waals surface area contributed by atoms with Gasteiger partial charge in [-0.15, -0.1) is 0 Å². The Morgan fingerprint density at radius 3 is 1.16 bits per heavy atom. The van der Waals surface area contributed by atoms with E-state index in [1.54, 1.807) is 48.5 Å². The SMILES string of the molecule is C=CC(=O)OCCOC(=O)CCC(=O)OCCc1ccc(OC(=O)C2CCC(C(=O)Oc3ccc(OC(=O)C4CCC(C(=O)Oc5ccc(CCOC(=O)CCC(=O)OCCOC(C)=O)cc5)CC4)c(C(=O)OC)c3)CC2)cc1. The highest BCUT2D eigenvalue weighted by molar-refractivity contribution is 5.94. The summed E-state index contributed by atoms with van der Waals surface area (Å²) in [5, 5.41) is 0. The Bertz CT molecular complexity index is 2620. The second-order valence-electron chi connectivity index (χ2n) is 18.3. The molecule has 0 radical (unpaired) electrons. The van der Waals surface area contributed by atoms with Crippen LogP contribution < -0.4 is 18.9 Å². The van der Waals surface area contributed by atoms with Crippen LogP contribution in [-0.2, 0) is 93.9 Å². The zero-order valence-electron chi connectivity index (χ0n) is 44.1. The van der Waals surface area contributed by atoms with Crippen LogP contribution >= 0.6 is 0 Å². The van der Waals surface area contributed by atoms with Gasteiger partial charge in [0.05, 0.1) is 69.7 Å². The van der Waals surface area contributed by atoms with Crippen molar-refractivity contribution in [1.82, 2.24) is 0 Å². The van der Waals surface area contributed by atoms with Crippen LogP contribution in [0.15, 0.2) is 79.4 Å². The maximum Gasteiger partial charge on any atom is 0.341 e. The number of ether oxygens (including phenoxy) is 11. The molecule has 0 aromatic heterocycles. The summed E-state index contributed by atoms with van der Waals surface area (Å²) in [5.41, 5.74) is 1.47. The van der Waals surface area contributed by atoms with E-state index in [-0.39, 0.29) is 82.4 Å². The van der Waals surface area contributed by atoms with E-state index in [1.165, 1.54) is 25.1 Å². The van der Waals surface area contributed by atoms with Crippen molar-refractivity contribution in [2.24, 2.45) is 23.7 Å². The molecule has 2 aliphatic rings. The maximum absolute atomic E-state index is 13.3. The number of carbonyl (C=O) groups excluding carboxylic acids is 11. The number of esters is 11. The summed E-state index contributed by atoms with van der Waals surface area (Å²) in [6.45, 7) is 4.16. The van der Waals surface area contributed by atoms with Crippen LogP contribution in [0.3, 0.4) is 0 Å². The number of methoxy groups -OCH3 is 1. The van der Waals surface area contributed by atoms with Crippen molar-refractivity contribution in [3.63, 3.8) is 0 Å². The van der Waals surface area contributed by atoms with Crippen LogP contribution in [0.25, 0.3) is 0 Å². The van der Waals surface area contributed by atoms with Crippen molar-refractivity contribution in [2.75, 3.05) is 46.8 Å². The van der Waals surface area contributed by atoms with Gasteiger partial charge in [0, 0.05) is 25.8 Å². The van der Waals surface area contributed by atoms with Crippen molar-refractivity contribution < 1.29 is 105 Å². The molecule has 22 heteroatoms. The molecule has 0 aliphatic heterocycles. The third-order valence-corrected chi connectivity index (χ3v) is 12.6. The van der Waals surface area contributed by atoms with Gasteiger partial charge in [-0.25, -0.2) is 9.59 Å². The fourth-order valence-corrected chi connectivity index (χ4v) is 8.26. The van der Waals surface area contributed by atoms with Crippen molar-refractivity contribution in [1.29, 1.82) is 0 Å². The van der Waals surface area contributed by atoms with Gasteiger partial charge in [-0.1, -0.05) is 30.8 Å². The van der Waals surface area contributed by atoms with Gasteiger partial charge in [0.2, 0.25) is 0 Å². The van der Waals surface area contributed by atoms with Crippen LogP contribution in [0, 0.1) is 23.7 Å². The largest absolute Gasteiger partial charge is 0.465 e. The molecular weight excluding hydrogens is 1040 g/mol. The summed E-state index contributed by atoms with van der Waals surface area (Å²) in [5.74, 6) is -7.95. The van der Waals surface area contributed by atoms with E-state index in [4.69, 9.17) is 47.4 Å². The molecular formula is C57H64O22. The standard InChI is InChI=1S/C57H64O22/c1-4-48(59)73-33-34-75-52(63)26-24-50(61)72-30-28-37-5-17-43(18-6-37)76-53(64)39-9-11-41(12-10-39)55(66)78-45-21-22-47(46(35-45)57(68)69-3)79-56(67)42-15-13-40(14-16-42)54(65)77-44-19-7-38(8-20-44)27-29-71-49(60)23-25-51(62)74-32-31-70-36(2)58/h4-8,17-22,35,39-42H,1,9-16,23-34H2,2-3H3. The maximum atomic E-state index is 13.3. The first kappa shape index (κ1) is 61.4. The average molecular weight is 1100 g/mol. The highest BCUT2D eigenvalue weighted by Crippen LogP contribution is 2.35. The lowest BCUT2D eigenvalue weighted by atomic mass is 9.82. The minimum Gasteiger partial charge on any atom is -0.465 e. The number of hydrogen-bond acceptors (Lipinski definition) is 22. The number of rotatable bonds is 28. The zero-order valence-corrected chi connectivity index (χ0v) is 44.1. The van der Waals surface area contributed by atoms with Gasteiger partial charge in [-0.3, -0.25) is 43.2 Å². The van der Waals surface area contributed by atoms with Crippen LogP contribution in [-0.4, -0.2) is 112 Å². The van der Waals surface area contributed by atoms with E-state index in [9.17, 15) is 52.7 Å². The fourth-order valence-electron chi connectivity index (χ4n) is 8.26. The lowest BCUT2D eigenvalue weighted by Gasteiger charge is -2.26. The minimum atomic E-state index is -0.834. The highest BCUT2D eigenvalue weighted by Gasteiger charge is 2.35. The van der Waals surface area contributed by atoms with Crippen molar-refractivity contribution in [3.05, 3.63) is 96.1 Å². The Balaban J connectivity index is 0.968. The Labute approximate surface area is 455 Å². The van der Waals surface area contributed by atoms with E-state index in [0.717, 1.165) is 24.3 Å². The molecule has 3 aromatic rings. The van der Waals surface area contributed by atoms with Gasteiger partial charge < -0.3 is 52.1 Å². The van der Waals surface area contributed by atoms with Crippen molar-refractivity contribution >= 4 is 65.7 Å². The van der Waals surface area contributed by atoms with Gasteiger partial charge in [-0.05, 0) is 105 Å². The lowest BCUT2D eigenvalue weighted by molar-refractivity contribution is -0.153. The van der Waals surface area contributed by atoms with Crippen LogP contribution in [0.1, 0.15) is 105 Å². The second-order valence-corrected chi connectivity index (χ2v) is 18.3. The molecule has 0 bridgehead atoms. The predicted molar refractivity (Wildman–Crippen MR) is 272 cm³/mol. The minimum absolute atomic E-state index is 0.0216. The second kappa shape index (κ2) is 32.3. The third kappa shape index (κ3) is 21.8. The fraction of sp³-hybridized carbons (Fsp3) is 0.456. The van der Waals surface area contributed by atoms with Crippen molar-refractivity contribution in [3.8, 4) is 23.0 Å². The van der Waals surface area contributed by atoms with Gasteiger partial charge >= 0.3 is 65.7 Å². The van der Waals surface area contributed by atoms with Crippen molar-refractivity contribution in [2.45, 2.75) is 96.8 Å². The van der Waals surface area contributed by atoms with Crippen LogP contribution in [0.2, 0.25) is 0 Å². The Morgan fingerprint density at radius 2 is 0.785 bits per heavy atom. The Morgan fingerprint density at radius 1 is 0.443 bits per heavy atom. The summed E-state index contributed by atoms with van der Waals surface area (Å²) in [7, 11) is 1.15. The summed E-state index contributed by atoms with van der Waals surface area (Å²) in [6, 6.07) is 17.4. The van der Waals surface area contributed by atoms with E-state index >= 15 is 0 Å². The Hall–Kier alpha value is -8.43. The molecule has 79 heavy (non-hydrogen) atoms. The third-order valence-electron chi connectivity index (χ3n) is 12.6. The molecule has 22 nitrogen and oxygen atoms in total. The predicted octanol–water partition coefficient (Wildman–Crippen LogP) is 6.22. The molecule has 0 spiro atoms. The summed E-state index contributed by atoms with van der Waals surface area (Å²) >= 11 is 0. The smallest absolute Gasteiger partial charge is 0.341 e. The van der Waals surface area contributed by atoms with E-state index < -0.39 is 89.3 Å². The normalized spacial score (nSPS) is 16.5. The summed E-state index contributed by atoms with van der Waals surface area (Å²) < 4.78 is 57.0. The molecule has 0 heterocycles. The van der Waals surface area contributed by atoms with E-state index in [1.807, 2.05) is 0 Å². The molecule has 0 unspecified atom stereocenters. The molecule has 0 N–H and O–H groups in total. The zero-order chi connectivity index (χ0) is 57.1. The molecule has 2 fully saturated rings. The molecule has 5 rings (SSSR count). The van der Waals surface area contributed by atoms with E-state index in [2.05, 4.69) is 11.3 Å².